The summed E-state index contributed by atoms with van der Waals surface area (Å²) in [6, 6.07) is 0.242. The van der Waals surface area contributed by atoms with E-state index in [2.05, 4.69) is 5.32 Å². The molecule has 2 amide bonds. The number of ether oxygens (including phenoxy) is 1. The molecule has 0 radical (unpaired) electrons. The topological polar surface area (TPSA) is 61.9 Å². The molecule has 1 atom stereocenters. The van der Waals surface area contributed by atoms with Crippen molar-refractivity contribution >= 4 is 23.6 Å². The lowest BCUT2D eigenvalue weighted by Crippen LogP contribution is -2.52. The second-order valence-electron chi connectivity index (χ2n) is 5.13. The van der Waals surface area contributed by atoms with E-state index in [-0.39, 0.29) is 17.9 Å². The number of morpholine rings is 1. The highest BCUT2D eigenvalue weighted by Crippen LogP contribution is 2.09. The molecule has 2 aliphatic heterocycles. The van der Waals surface area contributed by atoms with Crippen molar-refractivity contribution < 1.29 is 14.3 Å². The zero-order valence-corrected chi connectivity index (χ0v) is 12.8. The maximum absolute atomic E-state index is 12.1. The molecule has 6 nitrogen and oxygen atoms in total. The molecule has 0 bridgehead atoms. The van der Waals surface area contributed by atoms with Crippen LogP contribution in [0.4, 0.5) is 0 Å². The van der Waals surface area contributed by atoms with Gasteiger partial charge >= 0.3 is 0 Å². The Labute approximate surface area is 124 Å². The van der Waals surface area contributed by atoms with Gasteiger partial charge in [-0.05, 0) is 6.92 Å². The number of carbonyl (C=O) groups excluding carboxylic acids is 2. The summed E-state index contributed by atoms with van der Waals surface area (Å²) in [4.78, 5) is 27.8. The van der Waals surface area contributed by atoms with Gasteiger partial charge in [0.2, 0.25) is 11.8 Å². The standard InChI is InChI=1S/C13H23N3O3S/c1-11-8-14-2-3-16(11)13(18)10-20-9-12(17)15-4-6-19-7-5-15/h11,14H,2-10H2,1H3/t11-/m1/s1. The molecule has 2 rings (SSSR count). The molecule has 0 aromatic rings. The Morgan fingerprint density at radius 3 is 2.60 bits per heavy atom. The first-order chi connectivity index (χ1) is 9.68. The summed E-state index contributed by atoms with van der Waals surface area (Å²) in [5.41, 5.74) is 0. The molecule has 2 heterocycles. The third-order valence-electron chi connectivity index (χ3n) is 3.64. The molecule has 0 unspecified atom stereocenters. The lowest BCUT2D eigenvalue weighted by molar-refractivity contribution is -0.132. The number of nitrogens with one attached hydrogen (secondary N) is 1. The number of carbonyl (C=O) groups is 2. The Balaban J connectivity index is 1.66. The van der Waals surface area contributed by atoms with Crippen molar-refractivity contribution in [2.45, 2.75) is 13.0 Å². The Morgan fingerprint density at radius 1 is 1.20 bits per heavy atom. The normalized spacial score (nSPS) is 23.8. The maximum atomic E-state index is 12.1. The molecule has 0 spiro atoms. The smallest absolute Gasteiger partial charge is 0.232 e. The highest BCUT2D eigenvalue weighted by molar-refractivity contribution is 8.00. The van der Waals surface area contributed by atoms with Crippen LogP contribution in [-0.2, 0) is 14.3 Å². The number of thioether (sulfide) groups is 1. The lowest BCUT2D eigenvalue weighted by Gasteiger charge is -2.34. The molecule has 20 heavy (non-hydrogen) atoms. The number of nitrogens with zero attached hydrogens (tertiary/aromatic N) is 2. The summed E-state index contributed by atoms with van der Waals surface area (Å²) in [5.74, 6) is 1.02. The van der Waals surface area contributed by atoms with Gasteiger partial charge in [-0.3, -0.25) is 9.59 Å². The highest BCUT2D eigenvalue weighted by atomic mass is 32.2. The number of rotatable bonds is 4. The Morgan fingerprint density at radius 2 is 1.90 bits per heavy atom. The van der Waals surface area contributed by atoms with Crippen LogP contribution in [-0.4, -0.2) is 85.1 Å². The summed E-state index contributed by atoms with van der Waals surface area (Å²) < 4.78 is 5.22. The van der Waals surface area contributed by atoms with E-state index in [1.807, 2.05) is 16.7 Å². The van der Waals surface area contributed by atoms with Crippen LogP contribution >= 0.6 is 11.8 Å². The third-order valence-corrected chi connectivity index (χ3v) is 4.54. The summed E-state index contributed by atoms with van der Waals surface area (Å²) in [6.45, 7) is 7.09. The molecule has 0 aliphatic carbocycles. The van der Waals surface area contributed by atoms with Gasteiger partial charge in [0, 0.05) is 38.8 Å². The first-order valence-electron chi connectivity index (χ1n) is 7.12. The first kappa shape index (κ1) is 15.6. The van der Waals surface area contributed by atoms with E-state index in [0.717, 1.165) is 19.6 Å². The fourth-order valence-corrected chi connectivity index (χ4v) is 3.22. The zero-order chi connectivity index (χ0) is 14.4. The fourth-order valence-electron chi connectivity index (χ4n) is 2.42. The van der Waals surface area contributed by atoms with Crippen molar-refractivity contribution in [1.29, 1.82) is 0 Å². The Hall–Kier alpha value is -0.790. The average Bonchev–Trinajstić information content (AvgIpc) is 2.48. The number of hydrogen-bond donors (Lipinski definition) is 1. The van der Waals surface area contributed by atoms with Crippen LogP contribution in [0.5, 0.6) is 0 Å². The second kappa shape index (κ2) is 7.85. The molecular weight excluding hydrogens is 278 g/mol. The van der Waals surface area contributed by atoms with Crippen LogP contribution in [0.25, 0.3) is 0 Å². The number of amides is 2. The van der Waals surface area contributed by atoms with Crippen LogP contribution in [0.2, 0.25) is 0 Å². The van der Waals surface area contributed by atoms with E-state index in [4.69, 9.17) is 4.74 Å². The zero-order valence-electron chi connectivity index (χ0n) is 12.0. The molecule has 7 heteroatoms. The van der Waals surface area contributed by atoms with Crippen LogP contribution in [0.1, 0.15) is 6.92 Å². The molecule has 0 aromatic heterocycles. The van der Waals surface area contributed by atoms with Crippen LogP contribution < -0.4 is 5.32 Å². The molecule has 2 saturated heterocycles. The van der Waals surface area contributed by atoms with Crippen LogP contribution in [0, 0.1) is 0 Å². The van der Waals surface area contributed by atoms with Gasteiger partial charge in [0.1, 0.15) is 0 Å². The van der Waals surface area contributed by atoms with Crippen LogP contribution in [0.15, 0.2) is 0 Å². The highest BCUT2D eigenvalue weighted by Gasteiger charge is 2.23. The van der Waals surface area contributed by atoms with Gasteiger partial charge in [0.15, 0.2) is 0 Å². The lowest BCUT2D eigenvalue weighted by atomic mass is 10.2. The Kier molecular flexibility index (Phi) is 6.12. The van der Waals surface area contributed by atoms with Gasteiger partial charge in [-0.2, -0.15) is 0 Å². The van der Waals surface area contributed by atoms with Crippen molar-refractivity contribution in [1.82, 2.24) is 15.1 Å². The number of piperazine rings is 1. The first-order valence-corrected chi connectivity index (χ1v) is 8.27. The van der Waals surface area contributed by atoms with Crippen molar-refractivity contribution in [2.75, 3.05) is 57.4 Å². The van der Waals surface area contributed by atoms with E-state index < -0.39 is 0 Å². The van der Waals surface area contributed by atoms with E-state index in [0.29, 0.717) is 37.8 Å². The molecular formula is C13H23N3O3S. The second-order valence-corrected chi connectivity index (χ2v) is 6.11. The summed E-state index contributed by atoms with van der Waals surface area (Å²) in [6.07, 6.45) is 0. The largest absolute Gasteiger partial charge is 0.378 e. The SMILES string of the molecule is C[C@@H]1CNCCN1C(=O)CSCC(=O)N1CCOCC1. The summed E-state index contributed by atoms with van der Waals surface area (Å²) >= 11 is 1.42. The van der Waals surface area contributed by atoms with Gasteiger partial charge in [-0.15, -0.1) is 11.8 Å². The van der Waals surface area contributed by atoms with E-state index >= 15 is 0 Å². The van der Waals surface area contributed by atoms with Gasteiger partial charge in [-0.1, -0.05) is 0 Å². The minimum absolute atomic E-state index is 0.111. The van der Waals surface area contributed by atoms with Gasteiger partial charge < -0.3 is 19.9 Å². The molecule has 114 valence electrons. The summed E-state index contributed by atoms with van der Waals surface area (Å²) in [5, 5.41) is 3.26. The van der Waals surface area contributed by atoms with Crippen molar-refractivity contribution in [2.24, 2.45) is 0 Å². The fraction of sp³-hybridized carbons (Fsp3) is 0.846. The molecule has 0 aromatic carbocycles. The maximum Gasteiger partial charge on any atom is 0.232 e. The van der Waals surface area contributed by atoms with Crippen molar-refractivity contribution in [3.63, 3.8) is 0 Å². The summed E-state index contributed by atoms with van der Waals surface area (Å²) in [7, 11) is 0. The minimum atomic E-state index is 0.111. The molecule has 2 fully saturated rings. The van der Waals surface area contributed by atoms with Gasteiger partial charge in [-0.25, -0.2) is 0 Å². The Bertz CT molecular complexity index is 348. The van der Waals surface area contributed by atoms with E-state index in [9.17, 15) is 9.59 Å². The van der Waals surface area contributed by atoms with Crippen molar-refractivity contribution in [3.05, 3.63) is 0 Å². The third kappa shape index (κ3) is 4.36. The molecule has 0 saturated carbocycles. The molecule has 1 N–H and O–H groups in total. The predicted octanol–water partition coefficient (Wildman–Crippen LogP) is -0.601. The van der Waals surface area contributed by atoms with Crippen molar-refractivity contribution in [3.8, 4) is 0 Å². The van der Waals surface area contributed by atoms with E-state index in [1.165, 1.54) is 11.8 Å². The molecule has 2 aliphatic rings. The monoisotopic (exact) mass is 301 g/mol. The van der Waals surface area contributed by atoms with E-state index in [1.54, 1.807) is 0 Å². The number of hydrogen-bond acceptors (Lipinski definition) is 5. The van der Waals surface area contributed by atoms with Gasteiger partial charge in [0.25, 0.3) is 0 Å². The van der Waals surface area contributed by atoms with Gasteiger partial charge in [0.05, 0.1) is 24.7 Å². The van der Waals surface area contributed by atoms with Crippen LogP contribution in [0.3, 0.4) is 0 Å². The predicted molar refractivity (Wildman–Crippen MR) is 78.8 cm³/mol. The average molecular weight is 301 g/mol. The minimum Gasteiger partial charge on any atom is -0.378 e. The quantitative estimate of drug-likeness (QED) is 0.751.